The maximum atomic E-state index is 13.5. The van der Waals surface area contributed by atoms with E-state index in [1.807, 2.05) is 70.1 Å². The van der Waals surface area contributed by atoms with E-state index in [9.17, 15) is 9.59 Å². The molecule has 0 radical (unpaired) electrons. The monoisotopic (exact) mass is 445 g/mol. The zero-order valence-electron chi connectivity index (χ0n) is 19.3. The molecule has 2 aliphatic heterocycles. The molecule has 0 bridgehead atoms. The van der Waals surface area contributed by atoms with E-state index in [4.69, 9.17) is 4.74 Å². The number of amides is 1. The number of benzene rings is 2. The average Bonchev–Trinajstić information content (AvgIpc) is 3.41. The third kappa shape index (κ3) is 3.30. The number of ether oxygens (including phenoxy) is 1. The first-order valence-corrected chi connectivity index (χ1v) is 11.5. The second kappa shape index (κ2) is 8.06. The van der Waals surface area contributed by atoms with Gasteiger partial charge in [0.1, 0.15) is 31.2 Å². The lowest BCUT2D eigenvalue weighted by Crippen LogP contribution is -2.50. The summed E-state index contributed by atoms with van der Waals surface area (Å²) < 4.78 is 9.44. The Bertz CT molecular complexity index is 1230. The van der Waals surface area contributed by atoms with Gasteiger partial charge in [-0.1, -0.05) is 31.5 Å². The number of unbranched alkanes of at least 4 members (excludes halogenated alkanes) is 1. The Morgan fingerprint density at radius 3 is 2.70 bits per heavy atom. The van der Waals surface area contributed by atoms with Crippen molar-refractivity contribution in [2.45, 2.75) is 38.9 Å². The van der Waals surface area contributed by atoms with E-state index in [2.05, 4.69) is 18.7 Å². The molecule has 5 rings (SSSR count). The number of aryl methyl sites for hydroxylation is 1. The van der Waals surface area contributed by atoms with Crippen molar-refractivity contribution < 1.29 is 18.9 Å². The molecule has 1 amide bonds. The van der Waals surface area contributed by atoms with Crippen molar-refractivity contribution in [3.8, 4) is 0 Å². The molecule has 7 heteroatoms. The van der Waals surface area contributed by atoms with Crippen molar-refractivity contribution in [2.75, 3.05) is 23.0 Å². The number of anilines is 2. The highest BCUT2D eigenvalue weighted by Crippen LogP contribution is 2.55. The molecule has 1 aromatic heterocycles. The summed E-state index contributed by atoms with van der Waals surface area (Å²) >= 11 is 0. The summed E-state index contributed by atoms with van der Waals surface area (Å²) in [6, 6.07) is 13.4. The number of carbonyl (C=O) groups is 2. The summed E-state index contributed by atoms with van der Waals surface area (Å²) in [6.45, 7) is 5.95. The molecule has 3 aromatic rings. The summed E-state index contributed by atoms with van der Waals surface area (Å²) in [5, 5.41) is 0. The van der Waals surface area contributed by atoms with Crippen LogP contribution in [0.4, 0.5) is 11.4 Å². The molecule has 0 saturated carbocycles. The van der Waals surface area contributed by atoms with Gasteiger partial charge in [0.25, 0.3) is 5.91 Å². The summed E-state index contributed by atoms with van der Waals surface area (Å²) in [5.74, 6) is -0.411. The first-order valence-electron chi connectivity index (χ1n) is 11.5. The SMILES string of the molecule is CCCCN1c2ccc(C(=O)OCCn3cc[n+](C)c3)cc2N2C(=O)c3ccccc3C12C. The molecule has 0 spiro atoms. The highest BCUT2D eigenvalue weighted by Gasteiger charge is 2.56. The first-order chi connectivity index (χ1) is 15.9. The molecule has 0 saturated heterocycles. The molecule has 0 aliphatic carbocycles. The number of rotatable bonds is 7. The minimum absolute atomic E-state index is 0.0284. The van der Waals surface area contributed by atoms with Crippen LogP contribution in [0.1, 0.15) is 53.0 Å². The second-order valence-corrected chi connectivity index (χ2v) is 8.87. The van der Waals surface area contributed by atoms with Gasteiger partial charge in [0.15, 0.2) is 0 Å². The largest absolute Gasteiger partial charge is 0.458 e. The van der Waals surface area contributed by atoms with Crippen molar-refractivity contribution in [1.82, 2.24) is 4.57 Å². The standard InChI is InChI=1S/C26H29N4O3/c1-4-5-12-29-22-11-10-19(25(32)33-16-15-28-14-13-27(3)18-28)17-23(22)30-24(31)20-8-6-7-9-21(20)26(29,30)2/h6-11,13-14,17-18H,4-5,12,15-16H2,1-3H3/q+1. The van der Waals surface area contributed by atoms with Crippen molar-refractivity contribution in [1.29, 1.82) is 0 Å². The van der Waals surface area contributed by atoms with E-state index in [0.29, 0.717) is 12.1 Å². The Morgan fingerprint density at radius 2 is 1.94 bits per heavy atom. The molecule has 0 N–H and O–H groups in total. The smallest absolute Gasteiger partial charge is 0.338 e. The number of imidazole rings is 1. The normalized spacial score (nSPS) is 18.3. The molecule has 2 aliphatic rings. The third-order valence-corrected chi connectivity index (χ3v) is 6.72. The lowest BCUT2D eigenvalue weighted by atomic mass is 9.98. The van der Waals surface area contributed by atoms with E-state index in [0.717, 1.165) is 41.9 Å². The quantitative estimate of drug-likeness (QED) is 0.412. The van der Waals surface area contributed by atoms with Crippen molar-refractivity contribution >= 4 is 23.3 Å². The first kappa shape index (κ1) is 21.2. The van der Waals surface area contributed by atoms with Crippen LogP contribution >= 0.6 is 0 Å². The van der Waals surface area contributed by atoms with Crippen LogP contribution in [0, 0.1) is 0 Å². The van der Waals surface area contributed by atoms with E-state index in [-0.39, 0.29) is 18.5 Å². The molecule has 3 heterocycles. The summed E-state index contributed by atoms with van der Waals surface area (Å²) in [6.07, 6.45) is 7.88. The minimum atomic E-state index is -0.600. The summed E-state index contributed by atoms with van der Waals surface area (Å²) in [4.78, 5) is 30.4. The molecule has 7 nitrogen and oxygen atoms in total. The molecule has 170 valence electrons. The fraction of sp³-hybridized carbons (Fsp3) is 0.346. The van der Waals surface area contributed by atoms with Gasteiger partial charge in [-0.2, -0.15) is 0 Å². The Morgan fingerprint density at radius 1 is 1.12 bits per heavy atom. The maximum Gasteiger partial charge on any atom is 0.338 e. The van der Waals surface area contributed by atoms with Gasteiger partial charge in [-0.3, -0.25) is 9.69 Å². The van der Waals surface area contributed by atoms with Gasteiger partial charge in [0.05, 0.1) is 24.0 Å². The summed E-state index contributed by atoms with van der Waals surface area (Å²) in [7, 11) is 1.95. The van der Waals surface area contributed by atoms with E-state index in [1.54, 1.807) is 12.1 Å². The number of hydrogen-bond acceptors (Lipinski definition) is 4. The van der Waals surface area contributed by atoms with Gasteiger partial charge >= 0.3 is 5.97 Å². The number of aromatic nitrogens is 2. The number of hydrogen-bond donors (Lipinski definition) is 0. The highest BCUT2D eigenvalue weighted by molar-refractivity contribution is 6.16. The van der Waals surface area contributed by atoms with Gasteiger partial charge in [0.2, 0.25) is 6.33 Å². The molecule has 1 atom stereocenters. The van der Waals surface area contributed by atoms with Gasteiger partial charge in [-0.25, -0.2) is 13.9 Å². The maximum absolute atomic E-state index is 13.5. The molecule has 33 heavy (non-hydrogen) atoms. The zero-order valence-corrected chi connectivity index (χ0v) is 19.3. The molecular formula is C26H29N4O3+. The van der Waals surface area contributed by atoms with Crippen molar-refractivity contribution in [2.24, 2.45) is 7.05 Å². The topological polar surface area (TPSA) is 58.7 Å². The fourth-order valence-corrected chi connectivity index (χ4v) is 5.04. The van der Waals surface area contributed by atoms with Crippen molar-refractivity contribution in [3.63, 3.8) is 0 Å². The number of esters is 1. The average molecular weight is 446 g/mol. The van der Waals surface area contributed by atoms with Crippen LogP contribution in [-0.2, 0) is 24.0 Å². The lowest BCUT2D eigenvalue weighted by molar-refractivity contribution is -0.671. The predicted octanol–water partition coefficient (Wildman–Crippen LogP) is 3.62. The van der Waals surface area contributed by atoms with Gasteiger partial charge in [-0.15, -0.1) is 0 Å². The van der Waals surface area contributed by atoms with Crippen LogP contribution in [0.15, 0.2) is 61.2 Å². The minimum Gasteiger partial charge on any atom is -0.458 e. The Balaban J connectivity index is 1.44. The zero-order chi connectivity index (χ0) is 23.2. The van der Waals surface area contributed by atoms with Gasteiger partial charge < -0.3 is 9.64 Å². The number of nitrogens with zero attached hydrogens (tertiary/aromatic N) is 4. The molecule has 0 fully saturated rings. The number of fused-ring (bicyclic) bond motifs is 5. The summed E-state index contributed by atoms with van der Waals surface area (Å²) in [5.41, 5.74) is 3.32. The van der Waals surface area contributed by atoms with Crippen LogP contribution < -0.4 is 14.4 Å². The molecular weight excluding hydrogens is 416 g/mol. The second-order valence-electron chi connectivity index (χ2n) is 8.87. The van der Waals surface area contributed by atoms with E-state index >= 15 is 0 Å². The van der Waals surface area contributed by atoms with Crippen LogP contribution in [0.25, 0.3) is 0 Å². The van der Waals surface area contributed by atoms with Gasteiger partial charge in [0, 0.05) is 17.7 Å². The fourth-order valence-electron chi connectivity index (χ4n) is 5.04. The molecule has 2 aromatic carbocycles. The van der Waals surface area contributed by atoms with Gasteiger partial charge in [-0.05, 0) is 37.6 Å². The van der Waals surface area contributed by atoms with E-state index in [1.165, 1.54) is 0 Å². The van der Waals surface area contributed by atoms with Crippen LogP contribution in [0.5, 0.6) is 0 Å². The predicted molar refractivity (Wildman–Crippen MR) is 125 cm³/mol. The van der Waals surface area contributed by atoms with Crippen LogP contribution in [0.3, 0.4) is 0 Å². The third-order valence-electron chi connectivity index (χ3n) is 6.72. The van der Waals surface area contributed by atoms with E-state index < -0.39 is 5.66 Å². The Labute approximate surface area is 193 Å². The Kier molecular flexibility index (Phi) is 5.19. The van der Waals surface area contributed by atoms with Crippen molar-refractivity contribution in [3.05, 3.63) is 77.9 Å². The lowest BCUT2D eigenvalue weighted by Gasteiger charge is -2.38. The highest BCUT2D eigenvalue weighted by atomic mass is 16.5. The van der Waals surface area contributed by atoms with Crippen LogP contribution in [0.2, 0.25) is 0 Å². The number of carbonyl (C=O) groups excluding carboxylic acids is 2. The van der Waals surface area contributed by atoms with Crippen LogP contribution in [-0.4, -0.2) is 29.6 Å². The Hall–Kier alpha value is -3.61. The molecule has 1 unspecified atom stereocenters.